The minimum absolute atomic E-state index is 0.0178. The first-order valence-corrected chi connectivity index (χ1v) is 9.21. The number of aliphatic hydroxyl groups excluding tert-OH is 1. The number of carbonyl (C=O) groups is 1. The number of halogens is 3. The van der Waals surface area contributed by atoms with Gasteiger partial charge in [0.1, 0.15) is 5.69 Å². The van der Waals surface area contributed by atoms with E-state index in [1.54, 1.807) is 23.0 Å². The molecule has 0 spiro atoms. The second-order valence-corrected chi connectivity index (χ2v) is 6.47. The van der Waals surface area contributed by atoms with Gasteiger partial charge in [-0.1, -0.05) is 6.07 Å². The molecule has 0 saturated heterocycles. The maximum Gasteiger partial charge on any atom is 0.392 e. The maximum absolute atomic E-state index is 12.3. The van der Waals surface area contributed by atoms with Gasteiger partial charge in [-0.25, -0.2) is 4.98 Å². The third-order valence-electron chi connectivity index (χ3n) is 4.09. The second-order valence-electron chi connectivity index (χ2n) is 6.47. The number of hydrogen-bond donors (Lipinski definition) is 2. The number of pyridine rings is 2. The molecule has 160 valence electrons. The zero-order valence-electron chi connectivity index (χ0n) is 15.9. The van der Waals surface area contributed by atoms with Crippen LogP contribution in [-0.2, 0) is 6.54 Å². The van der Waals surface area contributed by atoms with Gasteiger partial charge in [0.2, 0.25) is 5.88 Å². The van der Waals surface area contributed by atoms with E-state index in [0.717, 1.165) is 5.56 Å². The van der Waals surface area contributed by atoms with Crippen molar-refractivity contribution in [3.05, 3.63) is 48.0 Å². The lowest BCUT2D eigenvalue weighted by molar-refractivity contribution is -0.139. The number of carbonyl (C=O) groups excluding carboxylic acids is 1. The zero-order valence-corrected chi connectivity index (χ0v) is 15.9. The Balaban J connectivity index is 1.66. The molecular formula is C19H20F3N5O3. The van der Waals surface area contributed by atoms with Gasteiger partial charge in [0.15, 0.2) is 0 Å². The molecule has 0 aromatic carbocycles. The van der Waals surface area contributed by atoms with Crippen LogP contribution in [0.5, 0.6) is 5.88 Å². The minimum Gasteiger partial charge on any atom is -0.477 e. The lowest BCUT2D eigenvalue weighted by Gasteiger charge is -2.08. The van der Waals surface area contributed by atoms with Gasteiger partial charge in [-0.05, 0) is 18.1 Å². The highest BCUT2D eigenvalue weighted by Gasteiger charge is 2.26. The molecule has 30 heavy (non-hydrogen) atoms. The molecular weight excluding hydrogens is 403 g/mol. The van der Waals surface area contributed by atoms with Gasteiger partial charge in [-0.2, -0.15) is 18.3 Å². The quantitative estimate of drug-likeness (QED) is 0.512. The standard InChI is InChI=1S/C19H20F3N5O3/c20-19(21,22)5-9-30-16-3-2-13(10-25-16)11-27-12-14-15(26-27)4-7-23-17(14)18(29)24-6-1-8-28/h2-4,7,10,12,28H,1,5-6,8-9,11H2,(H,24,29). The van der Waals surface area contributed by atoms with Crippen LogP contribution in [0.3, 0.4) is 0 Å². The largest absolute Gasteiger partial charge is 0.477 e. The molecule has 0 radical (unpaired) electrons. The normalized spacial score (nSPS) is 11.6. The lowest BCUT2D eigenvalue weighted by atomic mass is 10.2. The summed E-state index contributed by atoms with van der Waals surface area (Å²) in [6, 6.07) is 4.87. The summed E-state index contributed by atoms with van der Waals surface area (Å²) in [5.41, 5.74) is 1.59. The molecule has 3 aromatic rings. The molecule has 0 aliphatic heterocycles. The molecule has 3 heterocycles. The Morgan fingerprint density at radius 3 is 2.77 bits per heavy atom. The summed E-state index contributed by atoms with van der Waals surface area (Å²) >= 11 is 0. The molecule has 8 nitrogen and oxygen atoms in total. The highest BCUT2D eigenvalue weighted by Crippen LogP contribution is 2.20. The van der Waals surface area contributed by atoms with Crippen molar-refractivity contribution in [3.63, 3.8) is 0 Å². The van der Waals surface area contributed by atoms with Gasteiger partial charge in [0.25, 0.3) is 5.91 Å². The van der Waals surface area contributed by atoms with E-state index in [2.05, 4.69) is 20.4 Å². The smallest absolute Gasteiger partial charge is 0.392 e. The van der Waals surface area contributed by atoms with Gasteiger partial charge in [0, 0.05) is 37.8 Å². The van der Waals surface area contributed by atoms with E-state index < -0.39 is 19.2 Å². The molecule has 0 bridgehead atoms. The van der Waals surface area contributed by atoms with Crippen LogP contribution in [-0.4, -0.2) is 56.7 Å². The van der Waals surface area contributed by atoms with E-state index in [1.165, 1.54) is 18.5 Å². The number of fused-ring (bicyclic) bond motifs is 1. The summed E-state index contributed by atoms with van der Waals surface area (Å²) < 4.78 is 43.1. The Morgan fingerprint density at radius 2 is 2.07 bits per heavy atom. The van der Waals surface area contributed by atoms with Gasteiger partial charge >= 0.3 is 6.18 Å². The van der Waals surface area contributed by atoms with Gasteiger partial charge in [-0.15, -0.1) is 0 Å². The van der Waals surface area contributed by atoms with Crippen LogP contribution in [0.15, 0.2) is 36.8 Å². The fourth-order valence-electron chi connectivity index (χ4n) is 2.67. The predicted octanol–water partition coefficient (Wildman–Crippen LogP) is 2.32. The summed E-state index contributed by atoms with van der Waals surface area (Å²) in [7, 11) is 0. The first-order chi connectivity index (χ1) is 14.4. The molecule has 3 aromatic heterocycles. The Kier molecular flexibility index (Phi) is 6.83. The molecule has 3 rings (SSSR count). The van der Waals surface area contributed by atoms with Crippen molar-refractivity contribution < 1.29 is 27.8 Å². The molecule has 1 amide bonds. The van der Waals surface area contributed by atoms with Crippen LogP contribution in [0.2, 0.25) is 0 Å². The molecule has 0 unspecified atom stereocenters. The highest BCUT2D eigenvalue weighted by molar-refractivity contribution is 6.04. The monoisotopic (exact) mass is 423 g/mol. The fraction of sp³-hybridized carbons (Fsp3) is 0.368. The van der Waals surface area contributed by atoms with Crippen LogP contribution in [0, 0.1) is 0 Å². The van der Waals surface area contributed by atoms with Crippen LogP contribution in [0.25, 0.3) is 10.9 Å². The number of aromatic nitrogens is 4. The summed E-state index contributed by atoms with van der Waals surface area (Å²) in [6.07, 6.45) is -0.183. The summed E-state index contributed by atoms with van der Waals surface area (Å²) in [6.45, 7) is 0.174. The van der Waals surface area contributed by atoms with Crippen molar-refractivity contribution in [2.75, 3.05) is 19.8 Å². The number of hydrogen-bond acceptors (Lipinski definition) is 6. The molecule has 2 N–H and O–H groups in total. The maximum atomic E-state index is 12.3. The van der Waals surface area contributed by atoms with Gasteiger partial charge in [-0.3, -0.25) is 14.5 Å². The van der Waals surface area contributed by atoms with E-state index in [0.29, 0.717) is 30.4 Å². The zero-order chi connectivity index (χ0) is 21.6. The van der Waals surface area contributed by atoms with Crippen LogP contribution >= 0.6 is 0 Å². The summed E-state index contributed by atoms with van der Waals surface area (Å²) in [5, 5.41) is 16.5. The first kappa shape index (κ1) is 21.5. The Bertz CT molecular complexity index is 989. The number of nitrogens with zero attached hydrogens (tertiary/aromatic N) is 4. The fourth-order valence-corrected chi connectivity index (χ4v) is 2.67. The third-order valence-corrected chi connectivity index (χ3v) is 4.09. The highest BCUT2D eigenvalue weighted by atomic mass is 19.4. The second kappa shape index (κ2) is 9.53. The topological polar surface area (TPSA) is 102 Å². The Morgan fingerprint density at radius 1 is 1.23 bits per heavy atom. The molecule has 0 aliphatic carbocycles. The van der Waals surface area contributed by atoms with Crippen molar-refractivity contribution in [2.45, 2.75) is 25.6 Å². The van der Waals surface area contributed by atoms with E-state index in [4.69, 9.17) is 9.84 Å². The van der Waals surface area contributed by atoms with Gasteiger partial charge < -0.3 is 15.2 Å². The third kappa shape index (κ3) is 5.89. The van der Waals surface area contributed by atoms with E-state index >= 15 is 0 Å². The van der Waals surface area contributed by atoms with Crippen molar-refractivity contribution in [2.24, 2.45) is 0 Å². The molecule has 0 saturated carbocycles. The summed E-state index contributed by atoms with van der Waals surface area (Å²) in [4.78, 5) is 20.4. The van der Waals surface area contributed by atoms with E-state index in [-0.39, 0.29) is 24.1 Å². The van der Waals surface area contributed by atoms with Crippen LogP contribution < -0.4 is 10.1 Å². The van der Waals surface area contributed by atoms with Gasteiger partial charge in [0.05, 0.1) is 30.5 Å². The number of ether oxygens (including phenoxy) is 1. The lowest BCUT2D eigenvalue weighted by Crippen LogP contribution is -2.26. The number of amides is 1. The SMILES string of the molecule is O=C(NCCCO)c1nccc2nn(Cc3ccc(OCCC(F)(F)F)nc3)cc12. The first-order valence-electron chi connectivity index (χ1n) is 9.21. The average molecular weight is 423 g/mol. The number of nitrogens with one attached hydrogen (secondary N) is 1. The Labute approximate surface area is 169 Å². The minimum atomic E-state index is -4.27. The van der Waals surface area contributed by atoms with E-state index in [9.17, 15) is 18.0 Å². The van der Waals surface area contributed by atoms with Crippen LogP contribution in [0.4, 0.5) is 13.2 Å². The van der Waals surface area contributed by atoms with Crippen molar-refractivity contribution in [3.8, 4) is 5.88 Å². The van der Waals surface area contributed by atoms with E-state index in [1.807, 2.05) is 0 Å². The molecule has 0 aliphatic rings. The number of rotatable bonds is 9. The van der Waals surface area contributed by atoms with Crippen molar-refractivity contribution >= 4 is 16.8 Å². The number of alkyl halides is 3. The molecule has 0 fully saturated rings. The van der Waals surface area contributed by atoms with Crippen molar-refractivity contribution in [1.82, 2.24) is 25.1 Å². The number of aliphatic hydroxyl groups is 1. The Hall–Kier alpha value is -3.21. The average Bonchev–Trinajstić information content (AvgIpc) is 3.11. The van der Waals surface area contributed by atoms with Crippen molar-refractivity contribution in [1.29, 1.82) is 0 Å². The summed E-state index contributed by atoms with van der Waals surface area (Å²) in [5.74, 6) is -0.240. The predicted molar refractivity (Wildman–Crippen MR) is 101 cm³/mol. The molecule has 11 heteroatoms. The molecule has 0 atom stereocenters. The van der Waals surface area contributed by atoms with Crippen LogP contribution in [0.1, 0.15) is 28.9 Å².